The molecule has 2 N–H and O–H groups in total. The highest BCUT2D eigenvalue weighted by Crippen LogP contribution is 2.26. The van der Waals surface area contributed by atoms with Crippen molar-refractivity contribution in [3.8, 4) is 0 Å². The largest absolute Gasteiger partial charge is 0.367 e. The number of amides is 1. The predicted molar refractivity (Wildman–Crippen MR) is 110 cm³/mol. The van der Waals surface area contributed by atoms with Gasteiger partial charge in [0, 0.05) is 29.7 Å². The highest BCUT2D eigenvalue weighted by atomic mass is 16.1. The number of piperidine rings is 1. The molecule has 1 saturated heterocycles. The number of anilines is 2. The number of rotatable bonds is 5. The maximum absolute atomic E-state index is 12.4. The first-order valence-corrected chi connectivity index (χ1v) is 9.82. The van der Waals surface area contributed by atoms with Gasteiger partial charge in [-0.1, -0.05) is 25.1 Å². The molecule has 1 aliphatic rings. The number of nitrogens with one attached hydrogen (secondary N) is 2. The molecule has 27 heavy (non-hydrogen) atoms. The molecule has 0 radical (unpaired) electrons. The fourth-order valence-electron chi connectivity index (χ4n) is 4.03. The summed E-state index contributed by atoms with van der Waals surface area (Å²) in [5.41, 5.74) is 3.20. The molecule has 2 aromatic heterocycles. The summed E-state index contributed by atoms with van der Waals surface area (Å²) in [5.74, 6) is 0.554. The Bertz CT molecular complexity index is 915. The molecule has 0 saturated carbocycles. The minimum Gasteiger partial charge on any atom is -0.367 e. The number of H-pyrrole nitrogens is 1. The summed E-state index contributed by atoms with van der Waals surface area (Å²) in [7, 11) is 0. The van der Waals surface area contributed by atoms with E-state index in [0.717, 1.165) is 35.1 Å². The smallest absolute Gasteiger partial charge is 0.230 e. The number of hydrogen-bond donors (Lipinski definition) is 2. The second-order valence-electron chi connectivity index (χ2n) is 7.24. The van der Waals surface area contributed by atoms with Crippen LogP contribution >= 0.6 is 0 Å². The monoisotopic (exact) mass is 362 g/mol. The minimum atomic E-state index is -0.0515. The molecule has 140 valence electrons. The lowest BCUT2D eigenvalue weighted by molar-refractivity contribution is -0.115. The van der Waals surface area contributed by atoms with E-state index in [9.17, 15) is 4.79 Å². The molecule has 0 spiro atoms. The molecule has 1 atom stereocenters. The molecular formula is C22H26N4O. The fourth-order valence-corrected chi connectivity index (χ4v) is 4.03. The molecule has 4 rings (SSSR count). The maximum atomic E-state index is 12.4. The van der Waals surface area contributed by atoms with Crippen LogP contribution in [-0.2, 0) is 11.2 Å². The summed E-state index contributed by atoms with van der Waals surface area (Å²) >= 11 is 0. The third-order valence-corrected chi connectivity index (χ3v) is 5.47. The van der Waals surface area contributed by atoms with Crippen LogP contribution in [0.5, 0.6) is 0 Å². The highest BCUT2D eigenvalue weighted by Gasteiger charge is 2.21. The molecule has 1 aliphatic heterocycles. The number of pyridine rings is 1. The maximum Gasteiger partial charge on any atom is 0.230 e. The molecule has 1 aromatic carbocycles. The van der Waals surface area contributed by atoms with E-state index in [4.69, 9.17) is 0 Å². The van der Waals surface area contributed by atoms with Crippen molar-refractivity contribution in [2.45, 2.75) is 45.1 Å². The van der Waals surface area contributed by atoms with Crippen LogP contribution in [0.15, 0.2) is 48.8 Å². The van der Waals surface area contributed by atoms with Crippen molar-refractivity contribution in [2.75, 3.05) is 16.8 Å². The average molecular weight is 362 g/mol. The molecule has 1 unspecified atom stereocenters. The first kappa shape index (κ1) is 17.6. The van der Waals surface area contributed by atoms with Gasteiger partial charge in [0.05, 0.1) is 18.3 Å². The Morgan fingerprint density at radius 1 is 1.26 bits per heavy atom. The van der Waals surface area contributed by atoms with Crippen molar-refractivity contribution in [1.82, 2.24) is 9.97 Å². The van der Waals surface area contributed by atoms with E-state index in [1.54, 1.807) is 0 Å². The van der Waals surface area contributed by atoms with Crippen LogP contribution < -0.4 is 10.2 Å². The Balaban J connectivity index is 1.41. The summed E-state index contributed by atoms with van der Waals surface area (Å²) in [4.78, 5) is 22.6. The van der Waals surface area contributed by atoms with Crippen molar-refractivity contribution < 1.29 is 4.79 Å². The van der Waals surface area contributed by atoms with Gasteiger partial charge in [-0.2, -0.15) is 0 Å². The molecule has 3 aromatic rings. The SMILES string of the molecule is CCC1CCCCN1c1ccc(NC(=O)Cc2c[nH]c3ccccc23)nc1. The number of aromatic amines is 1. The number of para-hydroxylation sites is 1. The van der Waals surface area contributed by atoms with Gasteiger partial charge >= 0.3 is 0 Å². The lowest BCUT2D eigenvalue weighted by Gasteiger charge is -2.37. The number of aromatic nitrogens is 2. The average Bonchev–Trinajstić information content (AvgIpc) is 3.11. The Labute approximate surface area is 159 Å². The first-order chi connectivity index (χ1) is 13.2. The summed E-state index contributed by atoms with van der Waals surface area (Å²) < 4.78 is 0. The van der Waals surface area contributed by atoms with E-state index in [-0.39, 0.29) is 5.91 Å². The fraction of sp³-hybridized carbons (Fsp3) is 0.364. The van der Waals surface area contributed by atoms with Gasteiger partial charge in [0.25, 0.3) is 0 Å². The van der Waals surface area contributed by atoms with Gasteiger partial charge in [-0.15, -0.1) is 0 Å². The zero-order valence-corrected chi connectivity index (χ0v) is 15.7. The first-order valence-electron chi connectivity index (χ1n) is 9.82. The lowest BCUT2D eigenvalue weighted by Crippen LogP contribution is -2.39. The summed E-state index contributed by atoms with van der Waals surface area (Å²) in [6.45, 7) is 3.34. The van der Waals surface area contributed by atoms with Crippen LogP contribution in [0.1, 0.15) is 38.2 Å². The van der Waals surface area contributed by atoms with Crippen LogP contribution in [0.25, 0.3) is 10.9 Å². The number of fused-ring (bicyclic) bond motifs is 1. The molecule has 1 amide bonds. The van der Waals surface area contributed by atoms with Crippen LogP contribution in [0, 0.1) is 0 Å². The Hall–Kier alpha value is -2.82. The normalized spacial score (nSPS) is 17.2. The number of benzene rings is 1. The van der Waals surface area contributed by atoms with Gasteiger partial charge in [0.15, 0.2) is 0 Å². The molecule has 0 aliphatic carbocycles. The number of nitrogens with zero attached hydrogens (tertiary/aromatic N) is 2. The van der Waals surface area contributed by atoms with Crippen molar-refractivity contribution in [2.24, 2.45) is 0 Å². The van der Waals surface area contributed by atoms with Crippen molar-refractivity contribution in [1.29, 1.82) is 0 Å². The summed E-state index contributed by atoms with van der Waals surface area (Å²) in [5, 5.41) is 4.01. The second-order valence-corrected chi connectivity index (χ2v) is 7.24. The molecule has 3 heterocycles. The molecule has 0 bridgehead atoms. The van der Waals surface area contributed by atoms with E-state index in [1.807, 2.05) is 42.7 Å². The van der Waals surface area contributed by atoms with E-state index >= 15 is 0 Å². The zero-order valence-electron chi connectivity index (χ0n) is 15.7. The Kier molecular flexibility index (Phi) is 5.10. The third-order valence-electron chi connectivity index (χ3n) is 5.47. The molecule has 1 fully saturated rings. The van der Waals surface area contributed by atoms with E-state index in [1.165, 1.54) is 19.3 Å². The highest BCUT2D eigenvalue weighted by molar-refractivity contribution is 5.95. The molecule has 5 nitrogen and oxygen atoms in total. The summed E-state index contributed by atoms with van der Waals surface area (Å²) in [6.07, 6.45) is 9.07. The van der Waals surface area contributed by atoms with Gasteiger partial charge < -0.3 is 15.2 Å². The van der Waals surface area contributed by atoms with E-state index in [0.29, 0.717) is 18.3 Å². The van der Waals surface area contributed by atoms with Gasteiger partial charge in [0.1, 0.15) is 5.82 Å². The van der Waals surface area contributed by atoms with Crippen LogP contribution in [0.2, 0.25) is 0 Å². The number of carbonyl (C=O) groups excluding carboxylic acids is 1. The zero-order chi connectivity index (χ0) is 18.6. The van der Waals surface area contributed by atoms with Gasteiger partial charge in [-0.3, -0.25) is 4.79 Å². The quantitative estimate of drug-likeness (QED) is 0.702. The minimum absolute atomic E-state index is 0.0515. The number of carbonyl (C=O) groups is 1. The third kappa shape index (κ3) is 3.82. The van der Waals surface area contributed by atoms with Crippen LogP contribution in [-0.4, -0.2) is 28.5 Å². The lowest BCUT2D eigenvalue weighted by atomic mass is 9.99. The van der Waals surface area contributed by atoms with Gasteiger partial charge in [-0.05, 0) is 49.4 Å². The number of hydrogen-bond acceptors (Lipinski definition) is 3. The van der Waals surface area contributed by atoms with E-state index in [2.05, 4.69) is 33.2 Å². The van der Waals surface area contributed by atoms with Crippen molar-refractivity contribution in [3.05, 3.63) is 54.4 Å². The Morgan fingerprint density at radius 3 is 2.96 bits per heavy atom. The van der Waals surface area contributed by atoms with Gasteiger partial charge in [0.2, 0.25) is 5.91 Å². The summed E-state index contributed by atoms with van der Waals surface area (Å²) in [6, 6.07) is 12.6. The topological polar surface area (TPSA) is 61.0 Å². The van der Waals surface area contributed by atoms with Crippen molar-refractivity contribution >= 4 is 28.3 Å². The standard InChI is InChI=1S/C22H26N4O/c1-2-17-7-5-6-12-26(17)18-10-11-21(24-15-18)25-22(27)13-16-14-23-20-9-4-3-8-19(16)20/h3-4,8-11,14-15,17,23H,2,5-7,12-13H2,1H3,(H,24,25,27). The second kappa shape index (κ2) is 7.82. The predicted octanol–water partition coefficient (Wildman–Crippen LogP) is 4.51. The van der Waals surface area contributed by atoms with Crippen LogP contribution in [0.4, 0.5) is 11.5 Å². The molecule has 5 heteroatoms. The van der Waals surface area contributed by atoms with Gasteiger partial charge in [-0.25, -0.2) is 4.98 Å². The molecular weight excluding hydrogens is 336 g/mol. The van der Waals surface area contributed by atoms with Crippen molar-refractivity contribution in [3.63, 3.8) is 0 Å². The van der Waals surface area contributed by atoms with E-state index < -0.39 is 0 Å². The Morgan fingerprint density at radius 2 is 2.15 bits per heavy atom. The van der Waals surface area contributed by atoms with Crippen LogP contribution in [0.3, 0.4) is 0 Å².